The van der Waals surface area contributed by atoms with Crippen LogP contribution in [0.15, 0.2) is 27.6 Å². The highest BCUT2D eigenvalue weighted by Crippen LogP contribution is 2.30. The van der Waals surface area contributed by atoms with E-state index in [4.69, 9.17) is 4.74 Å². The van der Waals surface area contributed by atoms with Gasteiger partial charge in [-0.2, -0.15) is 4.31 Å². The number of ether oxygens (including phenoxy) is 1. The van der Waals surface area contributed by atoms with Gasteiger partial charge in [0.15, 0.2) is 0 Å². The Kier molecular flexibility index (Phi) is 6.26. The van der Waals surface area contributed by atoms with Gasteiger partial charge in [-0.05, 0) is 72.9 Å². The smallest absolute Gasteiger partial charge is 0.243 e. The summed E-state index contributed by atoms with van der Waals surface area (Å²) in [7, 11) is 0.0840. The number of piperidine rings is 1. The maximum atomic E-state index is 12.7. The van der Waals surface area contributed by atoms with E-state index in [2.05, 4.69) is 21.2 Å². The van der Waals surface area contributed by atoms with Crippen molar-refractivity contribution in [2.24, 2.45) is 5.92 Å². The molecule has 0 saturated carbocycles. The average molecular weight is 391 g/mol. The Morgan fingerprint density at radius 1 is 1.36 bits per heavy atom. The molecular formula is C15H23BrN2O3S. The lowest BCUT2D eigenvalue weighted by atomic mass is 9.95. The maximum absolute atomic E-state index is 12.7. The number of hydrogen-bond acceptors (Lipinski definition) is 4. The number of halogens is 1. The largest absolute Gasteiger partial charge is 0.496 e. The third-order valence-electron chi connectivity index (χ3n) is 4.14. The molecule has 1 saturated heterocycles. The zero-order valence-corrected chi connectivity index (χ0v) is 15.4. The van der Waals surface area contributed by atoms with Crippen LogP contribution < -0.4 is 10.1 Å². The van der Waals surface area contributed by atoms with Gasteiger partial charge in [-0.3, -0.25) is 0 Å². The van der Waals surface area contributed by atoms with Crippen LogP contribution in [0.4, 0.5) is 0 Å². The summed E-state index contributed by atoms with van der Waals surface area (Å²) in [5.74, 6) is 1.24. The van der Waals surface area contributed by atoms with Crippen LogP contribution in [0.25, 0.3) is 0 Å². The first-order valence-electron chi connectivity index (χ1n) is 7.47. The topological polar surface area (TPSA) is 58.6 Å². The van der Waals surface area contributed by atoms with E-state index in [9.17, 15) is 8.42 Å². The molecule has 1 aliphatic heterocycles. The van der Waals surface area contributed by atoms with Gasteiger partial charge in [0.1, 0.15) is 5.75 Å². The Hall–Kier alpha value is -0.630. The van der Waals surface area contributed by atoms with E-state index in [0.717, 1.165) is 25.8 Å². The van der Waals surface area contributed by atoms with Crippen molar-refractivity contribution in [2.75, 3.05) is 33.8 Å². The van der Waals surface area contributed by atoms with E-state index in [1.54, 1.807) is 29.6 Å². The minimum Gasteiger partial charge on any atom is -0.496 e. The standard InChI is InChI=1S/C15H23BrN2O3S/c1-17-8-5-12-6-9-18(10-7-12)22(19,20)13-3-4-15(21-2)14(16)11-13/h3-4,11-12,17H,5-10H2,1-2H3. The predicted molar refractivity (Wildman–Crippen MR) is 90.7 cm³/mol. The summed E-state index contributed by atoms with van der Waals surface area (Å²) in [6, 6.07) is 4.89. The highest BCUT2D eigenvalue weighted by molar-refractivity contribution is 9.10. The van der Waals surface area contributed by atoms with Crippen LogP contribution in [-0.4, -0.2) is 46.5 Å². The molecule has 22 heavy (non-hydrogen) atoms. The molecule has 5 nitrogen and oxygen atoms in total. The second-order valence-electron chi connectivity index (χ2n) is 5.54. The van der Waals surface area contributed by atoms with Crippen LogP contribution in [0.1, 0.15) is 19.3 Å². The van der Waals surface area contributed by atoms with Crippen molar-refractivity contribution >= 4 is 26.0 Å². The molecule has 124 valence electrons. The summed E-state index contributed by atoms with van der Waals surface area (Å²) >= 11 is 3.35. The first-order valence-corrected chi connectivity index (χ1v) is 9.70. The summed E-state index contributed by atoms with van der Waals surface area (Å²) in [5, 5.41) is 3.15. The molecule has 1 aromatic rings. The van der Waals surface area contributed by atoms with Gasteiger partial charge in [0.05, 0.1) is 16.5 Å². The van der Waals surface area contributed by atoms with Crippen LogP contribution in [0.3, 0.4) is 0 Å². The molecule has 0 radical (unpaired) electrons. The first-order chi connectivity index (χ1) is 10.5. The molecule has 2 rings (SSSR count). The fourth-order valence-electron chi connectivity index (χ4n) is 2.74. The normalized spacial score (nSPS) is 17.6. The quantitative estimate of drug-likeness (QED) is 0.810. The molecule has 1 aliphatic rings. The second kappa shape index (κ2) is 7.77. The Balaban J connectivity index is 2.07. The SMILES string of the molecule is CNCCC1CCN(S(=O)(=O)c2ccc(OC)c(Br)c2)CC1. The fraction of sp³-hybridized carbons (Fsp3) is 0.600. The van der Waals surface area contributed by atoms with Crippen molar-refractivity contribution in [3.8, 4) is 5.75 Å². The van der Waals surface area contributed by atoms with Crippen molar-refractivity contribution in [3.05, 3.63) is 22.7 Å². The van der Waals surface area contributed by atoms with Gasteiger partial charge in [0.2, 0.25) is 10.0 Å². The number of hydrogen-bond donors (Lipinski definition) is 1. The number of nitrogens with zero attached hydrogens (tertiary/aromatic N) is 1. The molecule has 1 aromatic carbocycles. The summed E-state index contributed by atoms with van der Waals surface area (Å²) in [6.45, 7) is 2.18. The number of sulfonamides is 1. The monoisotopic (exact) mass is 390 g/mol. The lowest BCUT2D eigenvalue weighted by Gasteiger charge is -2.31. The maximum Gasteiger partial charge on any atom is 0.243 e. The molecule has 0 unspecified atom stereocenters. The minimum atomic E-state index is -3.42. The summed E-state index contributed by atoms with van der Waals surface area (Å²) < 4.78 is 32.8. The Morgan fingerprint density at radius 3 is 2.59 bits per heavy atom. The lowest BCUT2D eigenvalue weighted by molar-refractivity contribution is 0.263. The average Bonchev–Trinajstić information content (AvgIpc) is 2.53. The zero-order valence-electron chi connectivity index (χ0n) is 13.0. The van der Waals surface area contributed by atoms with E-state index in [0.29, 0.717) is 34.1 Å². The number of rotatable bonds is 6. The summed E-state index contributed by atoms with van der Waals surface area (Å²) in [6.07, 6.45) is 2.97. The van der Waals surface area contributed by atoms with Crippen LogP contribution in [0.2, 0.25) is 0 Å². The van der Waals surface area contributed by atoms with Gasteiger partial charge in [-0.25, -0.2) is 8.42 Å². The molecule has 7 heteroatoms. The molecule has 1 N–H and O–H groups in total. The molecule has 0 bridgehead atoms. The molecule has 0 spiro atoms. The van der Waals surface area contributed by atoms with Gasteiger partial charge >= 0.3 is 0 Å². The third-order valence-corrected chi connectivity index (χ3v) is 6.65. The Labute approximate surface area is 141 Å². The molecule has 0 aromatic heterocycles. The van der Waals surface area contributed by atoms with Gasteiger partial charge in [-0.15, -0.1) is 0 Å². The Morgan fingerprint density at radius 2 is 2.05 bits per heavy atom. The first kappa shape index (κ1) is 17.7. The van der Waals surface area contributed by atoms with Crippen LogP contribution in [0, 0.1) is 5.92 Å². The van der Waals surface area contributed by atoms with Gasteiger partial charge in [-0.1, -0.05) is 0 Å². The highest BCUT2D eigenvalue weighted by Gasteiger charge is 2.29. The Bertz CT molecular complexity index is 599. The molecule has 1 fully saturated rings. The zero-order chi connectivity index (χ0) is 16.2. The van der Waals surface area contributed by atoms with Gasteiger partial charge < -0.3 is 10.1 Å². The van der Waals surface area contributed by atoms with Crippen LogP contribution >= 0.6 is 15.9 Å². The summed E-state index contributed by atoms with van der Waals surface area (Å²) in [4.78, 5) is 0.314. The van der Waals surface area contributed by atoms with E-state index < -0.39 is 10.0 Å². The van der Waals surface area contributed by atoms with Crippen molar-refractivity contribution in [3.63, 3.8) is 0 Å². The molecule has 0 amide bonds. The number of benzene rings is 1. The second-order valence-corrected chi connectivity index (χ2v) is 8.33. The van der Waals surface area contributed by atoms with Crippen LogP contribution in [-0.2, 0) is 10.0 Å². The van der Waals surface area contributed by atoms with E-state index in [1.165, 1.54) is 0 Å². The van der Waals surface area contributed by atoms with Gasteiger partial charge in [0.25, 0.3) is 0 Å². The predicted octanol–water partition coefficient (Wildman–Crippen LogP) is 2.47. The van der Waals surface area contributed by atoms with Crippen molar-refractivity contribution in [1.82, 2.24) is 9.62 Å². The summed E-state index contributed by atoms with van der Waals surface area (Å²) in [5.41, 5.74) is 0. The minimum absolute atomic E-state index is 0.314. The number of methoxy groups -OCH3 is 1. The van der Waals surface area contributed by atoms with Gasteiger partial charge in [0, 0.05) is 13.1 Å². The van der Waals surface area contributed by atoms with E-state index >= 15 is 0 Å². The highest BCUT2D eigenvalue weighted by atomic mass is 79.9. The fourth-order valence-corrected chi connectivity index (χ4v) is 4.93. The van der Waals surface area contributed by atoms with E-state index in [1.807, 2.05) is 7.05 Å². The molecule has 0 aliphatic carbocycles. The van der Waals surface area contributed by atoms with Crippen molar-refractivity contribution in [1.29, 1.82) is 0 Å². The number of nitrogens with one attached hydrogen (secondary N) is 1. The van der Waals surface area contributed by atoms with E-state index in [-0.39, 0.29) is 0 Å². The van der Waals surface area contributed by atoms with Crippen molar-refractivity contribution < 1.29 is 13.2 Å². The lowest BCUT2D eigenvalue weighted by Crippen LogP contribution is -2.38. The molecule has 1 heterocycles. The molecule has 0 atom stereocenters. The molecular weight excluding hydrogens is 368 g/mol. The third kappa shape index (κ3) is 4.01. The van der Waals surface area contributed by atoms with Crippen LogP contribution in [0.5, 0.6) is 5.75 Å². The van der Waals surface area contributed by atoms with Crippen molar-refractivity contribution in [2.45, 2.75) is 24.2 Å².